The maximum Gasteiger partial charge on any atom is 0.277 e. The van der Waals surface area contributed by atoms with Crippen LogP contribution in [0.15, 0.2) is 30.0 Å². The Hall–Kier alpha value is -2.38. The minimum atomic E-state index is -0.254. The van der Waals surface area contributed by atoms with E-state index in [0.29, 0.717) is 48.8 Å². The molecule has 2 heterocycles. The monoisotopic (exact) mass is 387 g/mol. The van der Waals surface area contributed by atoms with E-state index in [2.05, 4.69) is 4.90 Å². The lowest BCUT2D eigenvalue weighted by Gasteiger charge is -2.36. The second kappa shape index (κ2) is 8.75. The summed E-state index contributed by atoms with van der Waals surface area (Å²) in [5.41, 5.74) is 1.56. The fourth-order valence-electron chi connectivity index (χ4n) is 3.82. The van der Waals surface area contributed by atoms with E-state index in [1.165, 1.54) is 4.90 Å². The first kappa shape index (κ1) is 20.4. The standard InChI is InChI=1S/C21H29N3O4/c1-15(2)14-24-20(26)18(16-6-4-5-7-17(16)28-3)19(21(24)27)23-10-8-22(9-11-23)12-13-25/h4-7,15,25H,8-14H2,1-3H3. The molecule has 0 radical (unpaired) electrons. The van der Waals surface area contributed by atoms with Gasteiger partial charge in [0.2, 0.25) is 0 Å². The molecule has 2 aliphatic heterocycles. The minimum Gasteiger partial charge on any atom is -0.496 e. The van der Waals surface area contributed by atoms with Crippen LogP contribution >= 0.6 is 0 Å². The van der Waals surface area contributed by atoms with Crippen molar-refractivity contribution in [1.82, 2.24) is 14.7 Å². The van der Waals surface area contributed by atoms with Crippen LogP contribution in [0.5, 0.6) is 5.75 Å². The lowest BCUT2D eigenvalue weighted by Crippen LogP contribution is -2.48. The number of methoxy groups -OCH3 is 1. The number of para-hydroxylation sites is 1. The second-order valence-corrected chi connectivity index (χ2v) is 7.59. The summed E-state index contributed by atoms with van der Waals surface area (Å²) >= 11 is 0. The molecule has 0 aromatic heterocycles. The van der Waals surface area contributed by atoms with Gasteiger partial charge in [0.25, 0.3) is 11.8 Å². The highest BCUT2D eigenvalue weighted by atomic mass is 16.5. The molecule has 3 rings (SSSR count). The molecule has 7 heteroatoms. The van der Waals surface area contributed by atoms with Gasteiger partial charge in [-0.2, -0.15) is 0 Å². The number of ether oxygens (including phenoxy) is 1. The molecule has 0 bridgehead atoms. The Labute approximate surface area is 166 Å². The molecular weight excluding hydrogens is 358 g/mol. The molecule has 1 N–H and O–H groups in total. The van der Waals surface area contributed by atoms with Crippen molar-refractivity contribution in [1.29, 1.82) is 0 Å². The van der Waals surface area contributed by atoms with E-state index in [0.717, 1.165) is 13.1 Å². The number of imide groups is 1. The van der Waals surface area contributed by atoms with Gasteiger partial charge in [-0.25, -0.2) is 0 Å². The first-order valence-electron chi connectivity index (χ1n) is 9.80. The van der Waals surface area contributed by atoms with Gasteiger partial charge < -0.3 is 14.7 Å². The Morgan fingerprint density at radius 1 is 1.07 bits per heavy atom. The summed E-state index contributed by atoms with van der Waals surface area (Å²) in [6, 6.07) is 7.34. The lowest BCUT2D eigenvalue weighted by molar-refractivity contribution is -0.138. The van der Waals surface area contributed by atoms with Gasteiger partial charge in [-0.3, -0.25) is 19.4 Å². The summed E-state index contributed by atoms with van der Waals surface area (Å²) in [4.78, 5) is 32.0. The molecule has 28 heavy (non-hydrogen) atoms. The smallest absolute Gasteiger partial charge is 0.277 e. The number of hydrogen-bond donors (Lipinski definition) is 1. The van der Waals surface area contributed by atoms with Crippen molar-refractivity contribution in [3.05, 3.63) is 35.5 Å². The number of carbonyl (C=O) groups is 2. The predicted molar refractivity (Wildman–Crippen MR) is 107 cm³/mol. The largest absolute Gasteiger partial charge is 0.496 e. The summed E-state index contributed by atoms with van der Waals surface area (Å²) in [5.74, 6) is 0.292. The molecule has 0 aliphatic carbocycles. The Bertz CT molecular complexity index is 767. The zero-order chi connectivity index (χ0) is 20.3. The summed E-state index contributed by atoms with van der Waals surface area (Å²) in [6.45, 7) is 7.90. The Morgan fingerprint density at radius 3 is 2.36 bits per heavy atom. The molecule has 152 valence electrons. The van der Waals surface area contributed by atoms with Crippen LogP contribution in [0.3, 0.4) is 0 Å². The van der Waals surface area contributed by atoms with Gasteiger partial charge in [-0.1, -0.05) is 32.0 Å². The van der Waals surface area contributed by atoms with E-state index in [9.17, 15) is 9.59 Å². The molecule has 0 spiro atoms. The molecule has 1 fully saturated rings. The number of aliphatic hydroxyl groups excluding tert-OH is 1. The van der Waals surface area contributed by atoms with Crippen molar-refractivity contribution >= 4 is 17.4 Å². The number of hydrogen-bond acceptors (Lipinski definition) is 6. The predicted octanol–water partition coefficient (Wildman–Crippen LogP) is 1.04. The first-order chi connectivity index (χ1) is 13.5. The zero-order valence-electron chi connectivity index (χ0n) is 16.9. The van der Waals surface area contributed by atoms with Crippen LogP contribution in [-0.4, -0.2) is 84.6 Å². The average Bonchev–Trinajstić information content (AvgIpc) is 2.93. The SMILES string of the molecule is COc1ccccc1C1=C(N2CCN(CCO)CC2)C(=O)N(CC(C)C)C1=O. The maximum absolute atomic E-state index is 13.3. The fraction of sp³-hybridized carbons (Fsp3) is 0.524. The average molecular weight is 387 g/mol. The first-order valence-corrected chi connectivity index (χ1v) is 9.80. The third-order valence-electron chi connectivity index (χ3n) is 5.17. The fourth-order valence-corrected chi connectivity index (χ4v) is 3.82. The minimum absolute atomic E-state index is 0.120. The third-order valence-corrected chi connectivity index (χ3v) is 5.17. The van der Waals surface area contributed by atoms with Crippen molar-refractivity contribution in [3.8, 4) is 5.75 Å². The quantitative estimate of drug-likeness (QED) is 0.705. The van der Waals surface area contributed by atoms with Crippen LogP contribution in [0.4, 0.5) is 0 Å². The van der Waals surface area contributed by atoms with Gasteiger partial charge in [-0.15, -0.1) is 0 Å². The number of piperazine rings is 1. The molecule has 1 aromatic carbocycles. The van der Waals surface area contributed by atoms with Crippen LogP contribution in [-0.2, 0) is 9.59 Å². The molecule has 0 unspecified atom stereocenters. The van der Waals surface area contributed by atoms with E-state index in [1.807, 2.05) is 43.0 Å². The summed E-state index contributed by atoms with van der Waals surface area (Å²) in [6.07, 6.45) is 0. The Balaban J connectivity index is 2.00. The zero-order valence-corrected chi connectivity index (χ0v) is 16.9. The van der Waals surface area contributed by atoms with Crippen molar-refractivity contribution < 1.29 is 19.4 Å². The number of nitrogens with zero attached hydrogens (tertiary/aromatic N) is 3. The number of aliphatic hydroxyl groups is 1. The topological polar surface area (TPSA) is 73.3 Å². The van der Waals surface area contributed by atoms with Crippen molar-refractivity contribution in [3.63, 3.8) is 0 Å². The van der Waals surface area contributed by atoms with Crippen LogP contribution in [0, 0.1) is 5.92 Å². The molecule has 2 aliphatic rings. The lowest BCUT2D eigenvalue weighted by atomic mass is 10.0. The third kappa shape index (κ3) is 3.91. The van der Waals surface area contributed by atoms with E-state index in [1.54, 1.807) is 7.11 Å². The van der Waals surface area contributed by atoms with Crippen molar-refractivity contribution in [2.45, 2.75) is 13.8 Å². The summed E-state index contributed by atoms with van der Waals surface area (Å²) in [5, 5.41) is 9.16. The molecular formula is C21H29N3O4. The normalized spacial score (nSPS) is 18.6. The van der Waals surface area contributed by atoms with Gasteiger partial charge in [0.05, 0.1) is 19.3 Å². The van der Waals surface area contributed by atoms with Crippen LogP contribution < -0.4 is 4.74 Å². The highest BCUT2D eigenvalue weighted by Gasteiger charge is 2.43. The maximum atomic E-state index is 13.3. The van der Waals surface area contributed by atoms with Gasteiger partial charge in [0.15, 0.2) is 0 Å². The van der Waals surface area contributed by atoms with Gasteiger partial charge in [-0.05, 0) is 12.0 Å². The Morgan fingerprint density at radius 2 is 1.75 bits per heavy atom. The van der Waals surface area contributed by atoms with E-state index >= 15 is 0 Å². The number of carbonyl (C=O) groups excluding carboxylic acids is 2. The van der Waals surface area contributed by atoms with E-state index in [4.69, 9.17) is 9.84 Å². The van der Waals surface area contributed by atoms with Gasteiger partial charge >= 0.3 is 0 Å². The molecule has 1 saturated heterocycles. The van der Waals surface area contributed by atoms with Crippen LogP contribution in [0.25, 0.3) is 5.57 Å². The molecule has 0 atom stereocenters. The summed E-state index contributed by atoms with van der Waals surface area (Å²) < 4.78 is 5.47. The number of amides is 2. The van der Waals surface area contributed by atoms with Gasteiger partial charge in [0.1, 0.15) is 11.4 Å². The van der Waals surface area contributed by atoms with Crippen LogP contribution in [0.1, 0.15) is 19.4 Å². The molecule has 0 saturated carbocycles. The Kier molecular flexibility index (Phi) is 6.36. The van der Waals surface area contributed by atoms with Crippen molar-refractivity contribution in [2.24, 2.45) is 5.92 Å². The number of β-amino-alcohol motifs (C(OH)–C–C–N with tert-alkyl or cyclic N) is 1. The van der Waals surface area contributed by atoms with E-state index < -0.39 is 0 Å². The van der Waals surface area contributed by atoms with Crippen LogP contribution in [0.2, 0.25) is 0 Å². The van der Waals surface area contributed by atoms with Crippen molar-refractivity contribution in [2.75, 3.05) is 53.0 Å². The molecule has 2 amide bonds. The number of benzene rings is 1. The van der Waals surface area contributed by atoms with E-state index in [-0.39, 0.29) is 24.3 Å². The molecule has 7 nitrogen and oxygen atoms in total. The highest BCUT2D eigenvalue weighted by Crippen LogP contribution is 2.36. The number of rotatable bonds is 7. The van der Waals surface area contributed by atoms with Gasteiger partial charge in [0, 0.05) is 44.8 Å². The molecule has 1 aromatic rings. The summed E-state index contributed by atoms with van der Waals surface area (Å²) in [7, 11) is 1.57. The second-order valence-electron chi connectivity index (χ2n) is 7.59. The highest BCUT2D eigenvalue weighted by molar-refractivity contribution is 6.36.